The van der Waals surface area contributed by atoms with Crippen molar-refractivity contribution in [2.45, 2.75) is 52.7 Å². The lowest BCUT2D eigenvalue weighted by Gasteiger charge is -2.23. The van der Waals surface area contributed by atoms with Crippen molar-refractivity contribution < 1.29 is 24.5 Å². The first-order valence-electron chi connectivity index (χ1n) is 14.0. The molecule has 0 saturated carbocycles. The molecule has 6 nitrogen and oxygen atoms in total. The number of hydrogen-bond acceptors (Lipinski definition) is 5. The Morgan fingerprint density at radius 3 is 2.05 bits per heavy atom. The molecule has 42 heavy (non-hydrogen) atoms. The van der Waals surface area contributed by atoms with Crippen molar-refractivity contribution in [2.75, 3.05) is 13.1 Å². The molecule has 0 radical (unpaired) electrons. The van der Waals surface area contributed by atoms with Gasteiger partial charge >= 0.3 is 11.9 Å². The fourth-order valence-electron chi connectivity index (χ4n) is 5.00. The zero-order chi connectivity index (χ0) is 30.1. The van der Waals surface area contributed by atoms with E-state index in [1.54, 1.807) is 23.5 Å². The van der Waals surface area contributed by atoms with Gasteiger partial charge in [-0.2, -0.15) is 0 Å². The molecular formula is C34H36ClNO5S. The van der Waals surface area contributed by atoms with E-state index < -0.39 is 11.9 Å². The molecule has 4 aromatic rings. The lowest BCUT2D eigenvalue weighted by Crippen LogP contribution is -2.27. The number of nitrogens with zero attached hydrogens (tertiary/aromatic N) is 1. The smallest absolute Gasteiger partial charge is 0.335 e. The molecule has 0 amide bonds. The molecule has 0 fully saturated rings. The van der Waals surface area contributed by atoms with Crippen LogP contribution in [-0.4, -0.2) is 40.1 Å². The minimum atomic E-state index is -0.942. The van der Waals surface area contributed by atoms with Crippen molar-refractivity contribution in [3.63, 3.8) is 0 Å². The van der Waals surface area contributed by atoms with E-state index in [0.29, 0.717) is 24.6 Å². The third-order valence-electron chi connectivity index (χ3n) is 7.34. The molecule has 0 aliphatic rings. The molecule has 0 atom stereocenters. The van der Waals surface area contributed by atoms with E-state index in [0.717, 1.165) is 48.4 Å². The second kappa shape index (κ2) is 15.0. The Balaban J connectivity index is 1.41. The topological polar surface area (TPSA) is 87.1 Å². The number of thiophene rings is 1. The minimum absolute atomic E-state index is 0.159. The predicted octanol–water partition coefficient (Wildman–Crippen LogP) is 8.26. The van der Waals surface area contributed by atoms with Gasteiger partial charge in [-0.3, -0.25) is 9.69 Å². The van der Waals surface area contributed by atoms with E-state index in [-0.39, 0.29) is 12.0 Å². The molecule has 4 rings (SSSR count). The Labute approximate surface area is 256 Å². The van der Waals surface area contributed by atoms with E-state index in [4.69, 9.17) is 21.4 Å². The van der Waals surface area contributed by atoms with Crippen molar-refractivity contribution in [3.05, 3.63) is 110 Å². The van der Waals surface area contributed by atoms with E-state index in [1.807, 2.05) is 48.5 Å². The normalized spacial score (nSPS) is 11.1. The van der Waals surface area contributed by atoms with E-state index in [2.05, 4.69) is 30.9 Å². The maximum atomic E-state index is 11.2. The summed E-state index contributed by atoms with van der Waals surface area (Å²) >= 11 is 7.81. The monoisotopic (exact) mass is 605 g/mol. The number of hydrogen-bond donors (Lipinski definition) is 2. The third-order valence-corrected chi connectivity index (χ3v) is 8.69. The Morgan fingerprint density at radius 1 is 0.810 bits per heavy atom. The summed E-state index contributed by atoms with van der Waals surface area (Å²) < 4.78 is 6.24. The molecule has 1 aromatic heterocycles. The van der Waals surface area contributed by atoms with Crippen LogP contribution in [-0.2, 0) is 24.4 Å². The zero-order valence-electron chi connectivity index (χ0n) is 23.9. The molecule has 0 bridgehead atoms. The minimum Gasteiger partial charge on any atom is -0.489 e. The van der Waals surface area contributed by atoms with Crippen molar-refractivity contribution >= 4 is 34.9 Å². The van der Waals surface area contributed by atoms with E-state index in [1.165, 1.54) is 20.9 Å². The van der Waals surface area contributed by atoms with Crippen molar-refractivity contribution in [2.24, 2.45) is 0 Å². The summed E-state index contributed by atoms with van der Waals surface area (Å²) in [5.74, 6) is -0.908. The summed E-state index contributed by atoms with van der Waals surface area (Å²) in [4.78, 5) is 27.1. The van der Waals surface area contributed by atoms with Crippen molar-refractivity contribution in [1.82, 2.24) is 4.90 Å². The number of rotatable bonds is 15. The van der Waals surface area contributed by atoms with Crippen LogP contribution in [0.2, 0.25) is 5.02 Å². The number of halogens is 1. The fraction of sp³-hybridized carbons (Fsp3) is 0.294. The van der Waals surface area contributed by atoms with Gasteiger partial charge in [-0.05, 0) is 98.3 Å². The van der Waals surface area contributed by atoms with Crippen LogP contribution in [0.5, 0.6) is 5.75 Å². The van der Waals surface area contributed by atoms with Gasteiger partial charge in [0.1, 0.15) is 12.4 Å². The van der Waals surface area contributed by atoms with Gasteiger partial charge in [0.25, 0.3) is 0 Å². The molecule has 1 heterocycles. The molecule has 8 heteroatoms. The highest BCUT2D eigenvalue weighted by atomic mass is 35.5. The number of carbonyl (C=O) groups is 2. The Bertz CT molecular complexity index is 1480. The summed E-state index contributed by atoms with van der Waals surface area (Å²) in [5, 5.41) is 19.0. The highest BCUT2D eigenvalue weighted by Gasteiger charge is 2.16. The highest BCUT2D eigenvalue weighted by molar-refractivity contribution is 7.12. The van der Waals surface area contributed by atoms with Crippen molar-refractivity contribution in [1.29, 1.82) is 0 Å². The Kier molecular flexibility index (Phi) is 11.2. The SMILES string of the molecule is Cc1sc(C)c(COc2ccc(-c3ccc(Cl)cc3)cc2)c1CCN(CCCCC(=O)O)Cc1ccc(C(=O)O)cc1. The third kappa shape index (κ3) is 8.92. The number of unbranched alkanes of at least 4 members (excludes halogenated alkanes) is 1. The lowest BCUT2D eigenvalue weighted by molar-refractivity contribution is -0.137. The number of benzene rings is 3. The van der Waals surface area contributed by atoms with Crippen LogP contribution < -0.4 is 4.74 Å². The molecule has 0 saturated heterocycles. The number of ether oxygens (including phenoxy) is 1. The number of aromatic carboxylic acids is 1. The quantitative estimate of drug-likeness (QED) is 0.133. The number of aliphatic carboxylic acids is 1. The van der Waals surface area contributed by atoms with Crippen LogP contribution in [0.15, 0.2) is 72.8 Å². The van der Waals surface area contributed by atoms with Gasteiger partial charge < -0.3 is 14.9 Å². The standard InChI is InChI=1S/C34H36ClNO5S/c1-23-31(18-20-36(19-4-3-5-33(37)38)21-25-6-8-28(9-7-25)34(39)40)32(24(2)42-23)22-41-30-16-12-27(13-17-30)26-10-14-29(35)15-11-26/h6-17H,3-5,18-22H2,1-2H3,(H,37,38)(H,39,40). The van der Waals surface area contributed by atoms with Crippen LogP contribution in [0.3, 0.4) is 0 Å². The summed E-state index contributed by atoms with van der Waals surface area (Å²) in [6, 6.07) is 22.8. The molecule has 0 spiro atoms. The van der Waals surface area contributed by atoms with Crippen LogP contribution >= 0.6 is 22.9 Å². The van der Waals surface area contributed by atoms with E-state index >= 15 is 0 Å². The van der Waals surface area contributed by atoms with Crippen molar-refractivity contribution in [3.8, 4) is 16.9 Å². The van der Waals surface area contributed by atoms with Gasteiger partial charge in [0, 0.05) is 39.9 Å². The maximum absolute atomic E-state index is 11.2. The molecule has 0 unspecified atom stereocenters. The second-order valence-electron chi connectivity index (χ2n) is 10.4. The maximum Gasteiger partial charge on any atom is 0.335 e. The van der Waals surface area contributed by atoms with Gasteiger partial charge in [-0.25, -0.2) is 4.79 Å². The molecule has 2 N–H and O–H groups in total. The Morgan fingerprint density at radius 2 is 1.43 bits per heavy atom. The largest absolute Gasteiger partial charge is 0.489 e. The first kappa shape index (κ1) is 31.3. The number of aryl methyl sites for hydroxylation is 2. The molecule has 3 aromatic carbocycles. The fourth-order valence-corrected chi connectivity index (χ4v) is 6.24. The van der Waals surface area contributed by atoms with Crippen LogP contribution in [0.25, 0.3) is 11.1 Å². The van der Waals surface area contributed by atoms with Crippen LogP contribution in [0.1, 0.15) is 56.1 Å². The van der Waals surface area contributed by atoms with Crippen LogP contribution in [0.4, 0.5) is 0 Å². The summed E-state index contributed by atoms with van der Waals surface area (Å²) in [6.45, 7) is 7.01. The van der Waals surface area contributed by atoms with Gasteiger partial charge in [0.05, 0.1) is 5.56 Å². The average molecular weight is 606 g/mol. The Hall–Kier alpha value is -3.65. The van der Waals surface area contributed by atoms with E-state index in [9.17, 15) is 14.7 Å². The highest BCUT2D eigenvalue weighted by Crippen LogP contribution is 2.30. The summed E-state index contributed by atoms with van der Waals surface area (Å²) in [7, 11) is 0. The number of carboxylic acid groups (broad SMARTS) is 2. The zero-order valence-corrected chi connectivity index (χ0v) is 25.5. The summed E-state index contributed by atoms with van der Waals surface area (Å²) in [6.07, 6.45) is 2.40. The van der Waals surface area contributed by atoms with Gasteiger partial charge in [0.15, 0.2) is 0 Å². The molecular weight excluding hydrogens is 570 g/mol. The predicted molar refractivity (Wildman–Crippen MR) is 169 cm³/mol. The first-order chi connectivity index (χ1) is 20.2. The first-order valence-corrected chi connectivity index (χ1v) is 15.2. The summed E-state index contributed by atoms with van der Waals surface area (Å²) in [5.41, 5.74) is 6.01. The average Bonchev–Trinajstić information content (AvgIpc) is 3.24. The van der Waals surface area contributed by atoms with Gasteiger partial charge in [0.2, 0.25) is 0 Å². The molecule has 220 valence electrons. The van der Waals surface area contributed by atoms with Gasteiger partial charge in [-0.15, -0.1) is 11.3 Å². The van der Waals surface area contributed by atoms with Gasteiger partial charge in [-0.1, -0.05) is 48.0 Å². The molecule has 0 aliphatic carbocycles. The lowest BCUT2D eigenvalue weighted by atomic mass is 10.0. The second-order valence-corrected chi connectivity index (χ2v) is 12.2. The van der Waals surface area contributed by atoms with Crippen LogP contribution in [0, 0.1) is 13.8 Å². The number of carboxylic acids is 2. The molecule has 0 aliphatic heterocycles.